The van der Waals surface area contributed by atoms with Crippen LogP contribution in [0.2, 0.25) is 0 Å². The number of amidine groups is 1. The SMILES string of the molecule is CC(C)(C)c1nc(C2COC(N)=N2)cs1. The molecular weight excluding hydrogens is 210 g/mol. The third-order valence-corrected chi connectivity index (χ3v) is 3.46. The monoisotopic (exact) mass is 225 g/mol. The van der Waals surface area contributed by atoms with Gasteiger partial charge in [0.15, 0.2) is 0 Å². The fourth-order valence-corrected chi connectivity index (χ4v) is 2.28. The molecule has 0 aliphatic carbocycles. The first-order chi connectivity index (χ1) is 6.97. The maximum atomic E-state index is 5.46. The standard InChI is InChI=1S/C10H15N3OS/c1-10(2,3)8-12-7(5-15-8)6-4-14-9(11)13-6/h5-6H,4H2,1-3H3,(H2,11,13). The number of nitrogens with two attached hydrogens (primary N) is 1. The fraction of sp³-hybridized carbons (Fsp3) is 0.600. The Morgan fingerprint density at radius 3 is 2.73 bits per heavy atom. The fourth-order valence-electron chi connectivity index (χ4n) is 1.33. The summed E-state index contributed by atoms with van der Waals surface area (Å²) in [6, 6.07) is 0.252. The summed E-state index contributed by atoms with van der Waals surface area (Å²) in [7, 11) is 0. The Balaban J connectivity index is 2.21. The van der Waals surface area contributed by atoms with Crippen molar-refractivity contribution in [1.82, 2.24) is 4.98 Å². The molecule has 4 nitrogen and oxygen atoms in total. The second kappa shape index (κ2) is 3.48. The zero-order valence-electron chi connectivity index (χ0n) is 9.15. The highest BCUT2D eigenvalue weighted by Gasteiger charge is 2.24. The number of nitrogens with zero attached hydrogens (tertiary/aromatic N) is 2. The van der Waals surface area contributed by atoms with Crippen LogP contribution in [-0.2, 0) is 10.2 Å². The Morgan fingerprint density at radius 2 is 2.27 bits per heavy atom. The van der Waals surface area contributed by atoms with Gasteiger partial charge in [-0.1, -0.05) is 20.8 Å². The molecule has 0 radical (unpaired) electrons. The normalized spacial score (nSPS) is 21.3. The highest BCUT2D eigenvalue weighted by Crippen LogP contribution is 2.29. The van der Waals surface area contributed by atoms with Crippen molar-refractivity contribution >= 4 is 17.4 Å². The minimum absolute atomic E-state index is 0.0163. The molecule has 82 valence electrons. The Bertz CT molecular complexity index is 392. The average molecular weight is 225 g/mol. The first-order valence-electron chi connectivity index (χ1n) is 4.89. The lowest BCUT2D eigenvalue weighted by molar-refractivity contribution is 0.313. The molecule has 2 rings (SSSR count). The van der Waals surface area contributed by atoms with E-state index in [1.54, 1.807) is 11.3 Å². The van der Waals surface area contributed by atoms with Crippen molar-refractivity contribution in [2.45, 2.75) is 32.2 Å². The van der Waals surface area contributed by atoms with Crippen molar-refractivity contribution in [3.63, 3.8) is 0 Å². The van der Waals surface area contributed by atoms with Crippen molar-refractivity contribution in [2.24, 2.45) is 10.7 Å². The first kappa shape index (κ1) is 10.4. The number of hydrogen-bond donors (Lipinski definition) is 1. The molecule has 0 spiro atoms. The predicted molar refractivity (Wildman–Crippen MR) is 61.1 cm³/mol. The van der Waals surface area contributed by atoms with Crippen LogP contribution in [0.5, 0.6) is 0 Å². The number of aliphatic imine (C=N–C) groups is 1. The Labute approximate surface area is 93.2 Å². The molecule has 0 amide bonds. The maximum Gasteiger partial charge on any atom is 0.282 e. The summed E-state index contributed by atoms with van der Waals surface area (Å²) in [4.78, 5) is 8.74. The molecule has 1 aliphatic heterocycles. The lowest BCUT2D eigenvalue weighted by atomic mass is 9.98. The molecule has 1 unspecified atom stereocenters. The minimum atomic E-state index is -0.0163. The lowest BCUT2D eigenvalue weighted by Gasteiger charge is -2.13. The van der Waals surface area contributed by atoms with Crippen LogP contribution >= 0.6 is 11.3 Å². The quantitative estimate of drug-likeness (QED) is 0.793. The van der Waals surface area contributed by atoms with Gasteiger partial charge in [0.25, 0.3) is 6.02 Å². The van der Waals surface area contributed by atoms with Gasteiger partial charge in [0.2, 0.25) is 0 Å². The summed E-state index contributed by atoms with van der Waals surface area (Å²) in [6.07, 6.45) is 0. The zero-order chi connectivity index (χ0) is 11.1. The summed E-state index contributed by atoms with van der Waals surface area (Å²) in [6.45, 7) is 6.97. The van der Waals surface area contributed by atoms with E-state index in [1.165, 1.54) is 0 Å². The van der Waals surface area contributed by atoms with E-state index in [4.69, 9.17) is 10.5 Å². The molecule has 0 fully saturated rings. The van der Waals surface area contributed by atoms with Crippen LogP contribution in [0.4, 0.5) is 0 Å². The van der Waals surface area contributed by atoms with Crippen LogP contribution in [0.1, 0.15) is 37.5 Å². The van der Waals surface area contributed by atoms with Crippen molar-refractivity contribution < 1.29 is 4.74 Å². The summed E-state index contributed by atoms with van der Waals surface area (Å²) in [5.41, 5.74) is 6.52. The van der Waals surface area contributed by atoms with E-state index in [2.05, 4.69) is 30.7 Å². The zero-order valence-corrected chi connectivity index (χ0v) is 9.97. The molecule has 1 aromatic rings. The van der Waals surface area contributed by atoms with E-state index >= 15 is 0 Å². The number of thiazole rings is 1. The van der Waals surface area contributed by atoms with Crippen molar-refractivity contribution in [3.8, 4) is 0 Å². The van der Waals surface area contributed by atoms with Crippen LogP contribution < -0.4 is 5.73 Å². The topological polar surface area (TPSA) is 60.5 Å². The van der Waals surface area contributed by atoms with Crippen LogP contribution in [0.3, 0.4) is 0 Å². The van der Waals surface area contributed by atoms with Gasteiger partial charge in [-0.2, -0.15) is 0 Å². The third-order valence-electron chi connectivity index (χ3n) is 2.18. The van der Waals surface area contributed by atoms with Gasteiger partial charge < -0.3 is 10.5 Å². The van der Waals surface area contributed by atoms with E-state index in [0.717, 1.165) is 10.7 Å². The molecule has 1 aliphatic rings. The lowest BCUT2D eigenvalue weighted by Crippen LogP contribution is -2.11. The Kier molecular flexibility index (Phi) is 2.42. The molecule has 1 aromatic heterocycles. The number of ether oxygens (including phenoxy) is 1. The van der Waals surface area contributed by atoms with Gasteiger partial charge in [-0.15, -0.1) is 11.3 Å². The predicted octanol–water partition coefficient (Wildman–Crippen LogP) is 1.83. The van der Waals surface area contributed by atoms with E-state index in [9.17, 15) is 0 Å². The number of rotatable bonds is 1. The molecule has 2 N–H and O–H groups in total. The highest BCUT2D eigenvalue weighted by molar-refractivity contribution is 7.09. The van der Waals surface area contributed by atoms with E-state index in [1.807, 2.05) is 5.38 Å². The molecular formula is C10H15N3OS. The minimum Gasteiger partial charge on any atom is -0.463 e. The summed E-state index contributed by atoms with van der Waals surface area (Å²) in [5.74, 6) is 0. The van der Waals surface area contributed by atoms with Gasteiger partial charge in [-0.3, -0.25) is 0 Å². The van der Waals surface area contributed by atoms with Crippen LogP contribution in [0, 0.1) is 0 Å². The van der Waals surface area contributed by atoms with Crippen LogP contribution in [-0.4, -0.2) is 17.6 Å². The van der Waals surface area contributed by atoms with Gasteiger partial charge in [0.05, 0.1) is 10.7 Å². The van der Waals surface area contributed by atoms with Gasteiger partial charge in [-0.25, -0.2) is 9.98 Å². The summed E-state index contributed by atoms with van der Waals surface area (Å²) < 4.78 is 5.11. The number of hydrogen-bond acceptors (Lipinski definition) is 5. The van der Waals surface area contributed by atoms with Crippen LogP contribution in [0.15, 0.2) is 10.4 Å². The summed E-state index contributed by atoms with van der Waals surface area (Å²) >= 11 is 1.67. The van der Waals surface area contributed by atoms with E-state index in [-0.39, 0.29) is 17.5 Å². The van der Waals surface area contributed by atoms with Gasteiger partial charge in [0, 0.05) is 10.8 Å². The first-order valence-corrected chi connectivity index (χ1v) is 5.77. The number of aromatic nitrogens is 1. The smallest absolute Gasteiger partial charge is 0.282 e. The van der Waals surface area contributed by atoms with Gasteiger partial charge in [0.1, 0.15) is 12.6 Å². The molecule has 0 bridgehead atoms. The van der Waals surface area contributed by atoms with E-state index in [0.29, 0.717) is 6.61 Å². The molecule has 1 atom stereocenters. The Morgan fingerprint density at radius 1 is 1.53 bits per heavy atom. The van der Waals surface area contributed by atoms with Crippen LogP contribution in [0.25, 0.3) is 0 Å². The third kappa shape index (κ3) is 2.12. The average Bonchev–Trinajstić information content (AvgIpc) is 2.69. The summed E-state index contributed by atoms with van der Waals surface area (Å²) in [5, 5.41) is 3.16. The van der Waals surface area contributed by atoms with Crippen molar-refractivity contribution in [1.29, 1.82) is 0 Å². The van der Waals surface area contributed by atoms with Gasteiger partial charge >= 0.3 is 0 Å². The largest absolute Gasteiger partial charge is 0.463 e. The maximum absolute atomic E-state index is 5.46. The molecule has 5 heteroatoms. The van der Waals surface area contributed by atoms with E-state index < -0.39 is 0 Å². The second-order valence-electron chi connectivity index (χ2n) is 4.62. The van der Waals surface area contributed by atoms with Crippen molar-refractivity contribution in [2.75, 3.05) is 6.61 Å². The second-order valence-corrected chi connectivity index (χ2v) is 5.48. The van der Waals surface area contributed by atoms with Gasteiger partial charge in [-0.05, 0) is 0 Å². The highest BCUT2D eigenvalue weighted by atomic mass is 32.1. The Hall–Kier alpha value is -1.10. The van der Waals surface area contributed by atoms with Crippen molar-refractivity contribution in [3.05, 3.63) is 16.1 Å². The molecule has 0 aromatic carbocycles. The molecule has 2 heterocycles. The molecule has 0 saturated carbocycles. The molecule has 0 saturated heterocycles. The molecule has 15 heavy (non-hydrogen) atoms.